The van der Waals surface area contributed by atoms with Crippen molar-refractivity contribution < 1.29 is 18.0 Å². The molecule has 0 bridgehead atoms. The fraction of sp³-hybridized carbons (Fsp3) is 0.212. The summed E-state index contributed by atoms with van der Waals surface area (Å²) in [5, 5.41) is 3.48. The molecule has 218 valence electrons. The Kier molecular flexibility index (Phi) is 10.9. The second-order valence-electron chi connectivity index (χ2n) is 10.0. The zero-order valence-corrected chi connectivity index (χ0v) is 25.0. The predicted molar refractivity (Wildman–Crippen MR) is 166 cm³/mol. The van der Waals surface area contributed by atoms with Gasteiger partial charge in [0, 0.05) is 31.1 Å². The number of hydrogen-bond acceptors (Lipinski definition) is 4. The molecule has 0 aliphatic heterocycles. The highest BCUT2D eigenvalue weighted by Crippen LogP contribution is 2.18. The first-order valence-electron chi connectivity index (χ1n) is 13.6. The summed E-state index contributed by atoms with van der Waals surface area (Å²) in [5.41, 5.74) is 3.18. The number of halogens is 1. The number of carbonyl (C=O) groups is 2. The zero-order valence-electron chi connectivity index (χ0n) is 23.4. The summed E-state index contributed by atoms with van der Waals surface area (Å²) < 4.78 is 26.7. The van der Waals surface area contributed by atoms with Gasteiger partial charge in [-0.1, -0.05) is 121 Å². The third kappa shape index (κ3) is 9.01. The Morgan fingerprint density at radius 3 is 1.79 bits per heavy atom. The fourth-order valence-corrected chi connectivity index (χ4v) is 5.53. The van der Waals surface area contributed by atoms with E-state index in [1.807, 2.05) is 109 Å². The van der Waals surface area contributed by atoms with Crippen LogP contribution in [0, 0.1) is 0 Å². The van der Waals surface area contributed by atoms with E-state index in [0.29, 0.717) is 5.02 Å². The summed E-state index contributed by atoms with van der Waals surface area (Å²) in [7, 11) is -3.75. The van der Waals surface area contributed by atoms with Gasteiger partial charge in [-0.05, 0) is 28.3 Å². The molecule has 7 nitrogen and oxygen atoms in total. The van der Waals surface area contributed by atoms with Crippen molar-refractivity contribution in [1.82, 2.24) is 14.5 Å². The minimum absolute atomic E-state index is 0.0344. The van der Waals surface area contributed by atoms with E-state index in [1.165, 1.54) is 4.90 Å². The number of sulfonamides is 1. The lowest BCUT2D eigenvalue weighted by Gasteiger charge is -2.33. The standard InChI is InChI=1S/C33H34ClN3O4S/c1-42(40,41)36(23-27-15-7-3-8-16-27)25-32(38)37(24-28-17-9-4-10-18-28)31(21-26-13-5-2-6-14-26)33(39)35-22-29-19-11-12-20-30(29)34/h2-20,31H,21-25H2,1H3,(H,35,39)/t31-/m1/s1. The molecule has 0 aliphatic carbocycles. The maximum atomic E-state index is 14.1. The maximum absolute atomic E-state index is 14.1. The molecule has 0 unspecified atom stereocenters. The zero-order chi connectivity index (χ0) is 30.0. The van der Waals surface area contributed by atoms with E-state index in [1.54, 1.807) is 6.07 Å². The van der Waals surface area contributed by atoms with Crippen molar-refractivity contribution in [2.75, 3.05) is 12.8 Å². The minimum atomic E-state index is -3.75. The highest BCUT2D eigenvalue weighted by atomic mass is 35.5. The Hall–Kier alpha value is -3.98. The minimum Gasteiger partial charge on any atom is -0.350 e. The first-order chi connectivity index (χ1) is 20.2. The first kappa shape index (κ1) is 31.0. The molecule has 0 saturated heterocycles. The Morgan fingerprint density at radius 1 is 0.738 bits per heavy atom. The van der Waals surface area contributed by atoms with Gasteiger partial charge >= 0.3 is 0 Å². The summed E-state index contributed by atoms with van der Waals surface area (Å²) >= 11 is 6.33. The molecule has 0 spiro atoms. The molecular formula is C33H34ClN3O4S. The summed E-state index contributed by atoms with van der Waals surface area (Å²) in [4.78, 5) is 29.4. The average molecular weight is 604 g/mol. The summed E-state index contributed by atoms with van der Waals surface area (Å²) in [6, 6.07) is 34.2. The van der Waals surface area contributed by atoms with E-state index in [2.05, 4.69) is 5.32 Å². The van der Waals surface area contributed by atoms with Crippen LogP contribution in [0.2, 0.25) is 5.02 Å². The number of nitrogens with one attached hydrogen (secondary N) is 1. The predicted octanol–water partition coefficient (Wildman–Crippen LogP) is 5.06. The van der Waals surface area contributed by atoms with Crippen LogP contribution in [-0.2, 0) is 45.7 Å². The monoisotopic (exact) mass is 603 g/mol. The van der Waals surface area contributed by atoms with E-state index in [-0.39, 0.29) is 32.0 Å². The van der Waals surface area contributed by atoms with Gasteiger partial charge < -0.3 is 10.2 Å². The Balaban J connectivity index is 1.67. The lowest BCUT2D eigenvalue weighted by atomic mass is 10.0. The second kappa shape index (κ2) is 14.8. The molecular weight excluding hydrogens is 570 g/mol. The molecule has 0 radical (unpaired) electrons. The van der Waals surface area contributed by atoms with Gasteiger partial charge in [-0.2, -0.15) is 4.31 Å². The lowest BCUT2D eigenvalue weighted by molar-refractivity contribution is -0.141. The van der Waals surface area contributed by atoms with E-state index >= 15 is 0 Å². The van der Waals surface area contributed by atoms with Crippen molar-refractivity contribution in [2.45, 2.75) is 32.1 Å². The molecule has 2 amide bonds. The molecule has 0 aromatic heterocycles. The molecule has 4 aromatic carbocycles. The molecule has 42 heavy (non-hydrogen) atoms. The number of hydrogen-bond donors (Lipinski definition) is 1. The lowest BCUT2D eigenvalue weighted by Crippen LogP contribution is -2.53. The van der Waals surface area contributed by atoms with Crippen LogP contribution in [0.25, 0.3) is 0 Å². The largest absolute Gasteiger partial charge is 0.350 e. The number of nitrogens with zero attached hydrogens (tertiary/aromatic N) is 2. The van der Waals surface area contributed by atoms with Crippen molar-refractivity contribution in [3.8, 4) is 0 Å². The van der Waals surface area contributed by atoms with Crippen LogP contribution in [0.15, 0.2) is 115 Å². The molecule has 0 fully saturated rings. The van der Waals surface area contributed by atoms with Gasteiger partial charge in [-0.15, -0.1) is 0 Å². The van der Waals surface area contributed by atoms with Gasteiger partial charge in [0.25, 0.3) is 0 Å². The van der Waals surface area contributed by atoms with Crippen molar-refractivity contribution in [3.05, 3.63) is 143 Å². The van der Waals surface area contributed by atoms with Crippen molar-refractivity contribution in [1.29, 1.82) is 0 Å². The topological polar surface area (TPSA) is 86.8 Å². The summed E-state index contributed by atoms with van der Waals surface area (Å²) in [5.74, 6) is -0.842. The Bertz CT molecular complexity index is 1570. The summed E-state index contributed by atoms with van der Waals surface area (Å²) in [6.07, 6.45) is 1.33. The third-order valence-corrected chi connectivity index (χ3v) is 8.43. The summed E-state index contributed by atoms with van der Waals surface area (Å²) in [6.45, 7) is -0.0729. The third-order valence-electron chi connectivity index (χ3n) is 6.86. The second-order valence-corrected chi connectivity index (χ2v) is 12.4. The molecule has 1 atom stereocenters. The number of rotatable bonds is 13. The SMILES string of the molecule is CS(=O)(=O)N(CC(=O)N(Cc1ccccc1)[C@H](Cc1ccccc1)C(=O)NCc1ccccc1Cl)Cc1ccccc1. The molecule has 1 N–H and O–H groups in total. The first-order valence-corrected chi connectivity index (χ1v) is 15.8. The van der Waals surface area contributed by atoms with Gasteiger partial charge in [-0.25, -0.2) is 8.42 Å². The van der Waals surface area contributed by atoms with E-state index in [4.69, 9.17) is 11.6 Å². The van der Waals surface area contributed by atoms with Crippen LogP contribution >= 0.6 is 11.6 Å². The number of benzene rings is 4. The number of carbonyl (C=O) groups excluding carboxylic acids is 2. The molecule has 4 rings (SSSR count). The van der Waals surface area contributed by atoms with Crippen LogP contribution < -0.4 is 5.32 Å². The van der Waals surface area contributed by atoms with Crippen LogP contribution in [0.4, 0.5) is 0 Å². The van der Waals surface area contributed by atoms with Gasteiger partial charge in [0.15, 0.2) is 0 Å². The highest BCUT2D eigenvalue weighted by molar-refractivity contribution is 7.88. The van der Waals surface area contributed by atoms with E-state index in [0.717, 1.165) is 32.8 Å². The van der Waals surface area contributed by atoms with Gasteiger partial charge in [0.2, 0.25) is 21.8 Å². The smallest absolute Gasteiger partial charge is 0.243 e. The quantitative estimate of drug-likeness (QED) is 0.231. The molecule has 0 heterocycles. The van der Waals surface area contributed by atoms with E-state index in [9.17, 15) is 18.0 Å². The van der Waals surface area contributed by atoms with Crippen molar-refractivity contribution in [2.24, 2.45) is 0 Å². The van der Waals surface area contributed by atoms with Crippen LogP contribution in [0.3, 0.4) is 0 Å². The molecule has 0 aliphatic rings. The van der Waals surface area contributed by atoms with Gasteiger partial charge in [0.1, 0.15) is 6.04 Å². The number of amides is 2. The van der Waals surface area contributed by atoms with Crippen LogP contribution in [0.5, 0.6) is 0 Å². The van der Waals surface area contributed by atoms with Crippen LogP contribution in [0.1, 0.15) is 22.3 Å². The normalized spacial score (nSPS) is 12.1. The Morgan fingerprint density at radius 2 is 1.24 bits per heavy atom. The van der Waals surface area contributed by atoms with Gasteiger partial charge in [-0.3, -0.25) is 9.59 Å². The van der Waals surface area contributed by atoms with Gasteiger partial charge in [0.05, 0.1) is 12.8 Å². The van der Waals surface area contributed by atoms with Crippen molar-refractivity contribution >= 4 is 33.4 Å². The molecule has 4 aromatic rings. The Labute approximate surface area is 252 Å². The average Bonchev–Trinajstić information content (AvgIpc) is 2.99. The van der Waals surface area contributed by atoms with Crippen molar-refractivity contribution in [3.63, 3.8) is 0 Å². The van der Waals surface area contributed by atoms with E-state index < -0.39 is 28.5 Å². The fourth-order valence-electron chi connectivity index (χ4n) is 4.60. The molecule has 0 saturated carbocycles. The molecule has 9 heteroatoms. The highest BCUT2D eigenvalue weighted by Gasteiger charge is 2.33. The van der Waals surface area contributed by atoms with Crippen LogP contribution in [-0.4, -0.2) is 48.3 Å². The maximum Gasteiger partial charge on any atom is 0.243 e.